The van der Waals surface area contributed by atoms with Gasteiger partial charge in [0.1, 0.15) is 11.6 Å². The van der Waals surface area contributed by atoms with E-state index in [1.54, 1.807) is 18.2 Å². The van der Waals surface area contributed by atoms with Crippen LogP contribution in [-0.4, -0.2) is 39.5 Å². The zero-order chi connectivity index (χ0) is 24.4. The molecule has 1 amide bonds. The average molecular weight is 487 g/mol. The molecule has 3 aromatic carbocycles. The molecule has 0 aliphatic heterocycles. The van der Waals surface area contributed by atoms with Crippen LogP contribution < -0.4 is 10.1 Å². The van der Waals surface area contributed by atoms with Gasteiger partial charge in [0.15, 0.2) is 11.2 Å². The summed E-state index contributed by atoms with van der Waals surface area (Å²) in [5.41, 5.74) is 3.46. The Balaban J connectivity index is 1.26. The summed E-state index contributed by atoms with van der Waals surface area (Å²) in [5.74, 6) is 0.393. The molecule has 0 aliphatic carbocycles. The zero-order valence-corrected chi connectivity index (χ0v) is 19.9. The molecule has 0 saturated carbocycles. The number of hydrogen-bond donors (Lipinski definition) is 2. The van der Waals surface area contributed by atoms with E-state index < -0.39 is 18.0 Å². The van der Waals surface area contributed by atoms with Crippen LogP contribution in [0.4, 0.5) is 5.13 Å². The van der Waals surface area contributed by atoms with Crippen molar-refractivity contribution in [3.63, 3.8) is 0 Å². The minimum Gasteiger partial charge on any atom is -0.494 e. The molecule has 0 spiro atoms. The predicted molar refractivity (Wildman–Crippen MR) is 136 cm³/mol. The van der Waals surface area contributed by atoms with Gasteiger partial charge in [0, 0.05) is 5.56 Å². The molecule has 8 nitrogen and oxygen atoms in total. The van der Waals surface area contributed by atoms with Crippen LogP contribution in [0.3, 0.4) is 0 Å². The highest BCUT2D eigenvalue weighted by Crippen LogP contribution is 2.29. The Hall–Kier alpha value is -4.24. The molecular weight excluding hydrogens is 464 g/mol. The topological polar surface area (TPSA) is 106 Å². The lowest BCUT2D eigenvalue weighted by atomic mass is 10.2. The summed E-state index contributed by atoms with van der Waals surface area (Å²) < 4.78 is 11.8. The lowest BCUT2D eigenvalue weighted by Gasteiger charge is -2.12. The number of fused-ring (bicyclic) bond motifs is 2. The van der Waals surface area contributed by atoms with E-state index in [1.165, 1.54) is 18.3 Å². The predicted octanol–water partition coefficient (Wildman–Crippen LogP) is 5.42. The third kappa shape index (κ3) is 4.85. The molecule has 2 N–H and O–H groups in total. The number of carbonyl (C=O) groups is 2. The van der Waals surface area contributed by atoms with Gasteiger partial charge in [0.05, 0.1) is 33.4 Å². The minimum absolute atomic E-state index is 0.323. The van der Waals surface area contributed by atoms with Gasteiger partial charge in [-0.15, -0.1) is 0 Å². The van der Waals surface area contributed by atoms with Crippen LogP contribution in [-0.2, 0) is 9.53 Å². The third-order valence-electron chi connectivity index (χ3n) is 5.32. The smallest absolute Gasteiger partial charge is 0.338 e. The van der Waals surface area contributed by atoms with E-state index in [0.29, 0.717) is 28.6 Å². The first-order valence-electron chi connectivity index (χ1n) is 11.1. The second-order valence-electron chi connectivity index (χ2n) is 7.80. The molecule has 0 aliphatic rings. The molecule has 0 bridgehead atoms. The van der Waals surface area contributed by atoms with Crippen molar-refractivity contribution >= 4 is 49.6 Å². The van der Waals surface area contributed by atoms with E-state index in [9.17, 15) is 9.59 Å². The Bertz CT molecular complexity index is 1530. The van der Waals surface area contributed by atoms with Crippen LogP contribution in [0.15, 0.2) is 66.7 Å². The summed E-state index contributed by atoms with van der Waals surface area (Å²) in [6.45, 7) is 4.01. The van der Waals surface area contributed by atoms with Gasteiger partial charge in [-0.3, -0.25) is 10.1 Å². The summed E-state index contributed by atoms with van der Waals surface area (Å²) in [4.78, 5) is 37.6. The number of anilines is 1. The average Bonchev–Trinajstić information content (AvgIpc) is 3.47. The molecule has 2 heterocycles. The number of hydrogen-bond acceptors (Lipinski definition) is 7. The van der Waals surface area contributed by atoms with Crippen LogP contribution >= 0.6 is 11.3 Å². The van der Waals surface area contributed by atoms with E-state index in [1.807, 2.05) is 55.5 Å². The number of nitrogens with one attached hydrogen (secondary N) is 2. The van der Waals surface area contributed by atoms with Crippen LogP contribution in [0.25, 0.3) is 32.6 Å². The maximum absolute atomic E-state index is 12.7. The standard InChI is InChI=1S/C26H22N4O4S/c1-3-33-18-10-12-20-22(14-18)35-26(29-20)30-24(31)15(2)34-25(32)17-9-11-19-21(13-17)28-23(27-19)16-7-5-4-6-8-16/h4-15H,3H2,1-2H3,(H,27,28)(H,29,30,31). The fraction of sp³-hybridized carbons (Fsp3) is 0.154. The number of aromatic amines is 1. The highest BCUT2D eigenvalue weighted by molar-refractivity contribution is 7.22. The first-order valence-corrected chi connectivity index (χ1v) is 11.9. The van der Waals surface area contributed by atoms with Crippen LogP contribution in [0.5, 0.6) is 5.75 Å². The molecule has 5 rings (SSSR count). The lowest BCUT2D eigenvalue weighted by Crippen LogP contribution is -2.29. The number of benzene rings is 3. The molecule has 176 valence electrons. The van der Waals surface area contributed by atoms with Crippen molar-refractivity contribution in [3.05, 3.63) is 72.3 Å². The maximum atomic E-state index is 12.7. The fourth-order valence-electron chi connectivity index (χ4n) is 3.57. The van der Waals surface area contributed by atoms with Crippen molar-refractivity contribution in [2.75, 3.05) is 11.9 Å². The van der Waals surface area contributed by atoms with Crippen molar-refractivity contribution in [1.82, 2.24) is 15.0 Å². The number of carbonyl (C=O) groups excluding carboxylic acids is 2. The molecule has 5 aromatic rings. The van der Waals surface area contributed by atoms with E-state index >= 15 is 0 Å². The second kappa shape index (κ2) is 9.55. The number of nitrogens with zero attached hydrogens (tertiary/aromatic N) is 2. The summed E-state index contributed by atoms with van der Waals surface area (Å²) in [7, 11) is 0. The summed E-state index contributed by atoms with van der Waals surface area (Å²) in [6.07, 6.45) is -1.01. The van der Waals surface area contributed by atoms with Gasteiger partial charge in [-0.05, 0) is 50.2 Å². The SMILES string of the molecule is CCOc1ccc2nc(NC(=O)C(C)OC(=O)c3ccc4nc(-c5ccccc5)[nH]c4c3)sc2c1. The maximum Gasteiger partial charge on any atom is 0.338 e. The largest absolute Gasteiger partial charge is 0.494 e. The van der Waals surface area contributed by atoms with Gasteiger partial charge < -0.3 is 14.5 Å². The quantitative estimate of drug-likeness (QED) is 0.298. The van der Waals surface area contributed by atoms with E-state index in [2.05, 4.69) is 20.3 Å². The molecule has 0 saturated heterocycles. The molecule has 9 heteroatoms. The van der Waals surface area contributed by atoms with E-state index in [4.69, 9.17) is 9.47 Å². The number of H-pyrrole nitrogens is 1. The number of rotatable bonds is 7. The summed E-state index contributed by atoms with van der Waals surface area (Å²) >= 11 is 1.33. The number of thiazole rings is 1. The van der Waals surface area contributed by atoms with Gasteiger partial charge in [-0.25, -0.2) is 14.8 Å². The van der Waals surface area contributed by atoms with Crippen LogP contribution in [0, 0.1) is 0 Å². The third-order valence-corrected chi connectivity index (χ3v) is 6.25. The zero-order valence-electron chi connectivity index (χ0n) is 19.1. The molecule has 2 aromatic heterocycles. The van der Waals surface area contributed by atoms with Crippen molar-refractivity contribution in [2.45, 2.75) is 20.0 Å². The molecule has 35 heavy (non-hydrogen) atoms. The minimum atomic E-state index is -1.01. The van der Waals surface area contributed by atoms with Crippen molar-refractivity contribution in [1.29, 1.82) is 0 Å². The highest BCUT2D eigenvalue weighted by Gasteiger charge is 2.21. The van der Waals surface area contributed by atoms with Crippen molar-refractivity contribution in [2.24, 2.45) is 0 Å². The number of amides is 1. The Morgan fingerprint density at radius 3 is 2.63 bits per heavy atom. The Labute approximate surface area is 204 Å². The lowest BCUT2D eigenvalue weighted by molar-refractivity contribution is -0.123. The van der Waals surface area contributed by atoms with Gasteiger partial charge in [0.2, 0.25) is 0 Å². The van der Waals surface area contributed by atoms with E-state index in [0.717, 1.165) is 27.0 Å². The van der Waals surface area contributed by atoms with Gasteiger partial charge in [0.25, 0.3) is 5.91 Å². The Morgan fingerprint density at radius 1 is 1.03 bits per heavy atom. The molecule has 0 fully saturated rings. The van der Waals surface area contributed by atoms with Crippen molar-refractivity contribution < 1.29 is 19.1 Å². The number of ether oxygens (including phenoxy) is 2. The molecule has 0 radical (unpaired) electrons. The van der Waals surface area contributed by atoms with Crippen molar-refractivity contribution in [3.8, 4) is 17.1 Å². The van der Waals surface area contributed by atoms with E-state index in [-0.39, 0.29) is 0 Å². The molecular formula is C26H22N4O4S. The Morgan fingerprint density at radius 2 is 1.83 bits per heavy atom. The summed E-state index contributed by atoms with van der Waals surface area (Å²) in [5, 5.41) is 3.15. The first kappa shape index (κ1) is 22.5. The van der Waals surface area contributed by atoms with Crippen LogP contribution in [0.2, 0.25) is 0 Å². The monoisotopic (exact) mass is 486 g/mol. The Kier molecular flexibility index (Phi) is 6.15. The highest BCUT2D eigenvalue weighted by atomic mass is 32.1. The van der Waals surface area contributed by atoms with Gasteiger partial charge >= 0.3 is 5.97 Å². The summed E-state index contributed by atoms with van der Waals surface area (Å²) in [6, 6.07) is 20.3. The number of imidazole rings is 1. The fourth-order valence-corrected chi connectivity index (χ4v) is 4.47. The molecule has 1 atom stereocenters. The van der Waals surface area contributed by atoms with Gasteiger partial charge in [-0.1, -0.05) is 41.7 Å². The number of aromatic nitrogens is 3. The second-order valence-corrected chi connectivity index (χ2v) is 8.83. The number of esters is 1. The van der Waals surface area contributed by atoms with Crippen LogP contribution in [0.1, 0.15) is 24.2 Å². The normalized spacial score (nSPS) is 11.9. The first-order chi connectivity index (χ1) is 17.0. The molecule has 1 unspecified atom stereocenters. The van der Waals surface area contributed by atoms with Gasteiger partial charge in [-0.2, -0.15) is 0 Å².